The highest BCUT2D eigenvalue weighted by molar-refractivity contribution is 5.95. The van der Waals surface area contributed by atoms with Crippen molar-refractivity contribution in [2.24, 2.45) is 0 Å². The largest absolute Gasteiger partial charge is 0.333 e. The number of piperazine rings is 1. The van der Waals surface area contributed by atoms with Crippen LogP contribution in [0.5, 0.6) is 0 Å². The van der Waals surface area contributed by atoms with E-state index >= 15 is 0 Å². The van der Waals surface area contributed by atoms with Gasteiger partial charge in [-0.3, -0.25) is 9.78 Å². The van der Waals surface area contributed by atoms with Gasteiger partial charge in [-0.25, -0.2) is 0 Å². The van der Waals surface area contributed by atoms with Gasteiger partial charge in [0.15, 0.2) is 0 Å². The molecule has 0 bridgehead atoms. The Labute approximate surface area is 126 Å². The molecule has 19 heavy (non-hydrogen) atoms. The monoisotopic (exact) mass is 305 g/mol. The zero-order valence-electron chi connectivity index (χ0n) is 11.5. The van der Waals surface area contributed by atoms with Gasteiger partial charge in [-0.05, 0) is 32.9 Å². The number of rotatable bonds is 1. The van der Waals surface area contributed by atoms with Gasteiger partial charge in [-0.2, -0.15) is 0 Å². The Morgan fingerprint density at radius 1 is 1.37 bits per heavy atom. The number of halogens is 2. The summed E-state index contributed by atoms with van der Waals surface area (Å²) in [6.07, 6.45) is 0. The first-order chi connectivity index (χ1) is 8.09. The normalized spacial score (nSPS) is 18.3. The van der Waals surface area contributed by atoms with Gasteiger partial charge in [0.2, 0.25) is 0 Å². The van der Waals surface area contributed by atoms with Crippen LogP contribution in [0, 0.1) is 13.8 Å². The lowest BCUT2D eigenvalue weighted by atomic mass is 10.1. The quantitative estimate of drug-likeness (QED) is 0.863. The summed E-state index contributed by atoms with van der Waals surface area (Å²) in [5, 5.41) is 3.29. The molecule has 1 N–H and O–H groups in total. The van der Waals surface area contributed by atoms with Gasteiger partial charge in [0.05, 0.1) is 11.3 Å². The van der Waals surface area contributed by atoms with E-state index in [-0.39, 0.29) is 36.8 Å². The van der Waals surface area contributed by atoms with Gasteiger partial charge in [0, 0.05) is 31.4 Å². The predicted molar refractivity (Wildman–Crippen MR) is 81.6 cm³/mol. The molecule has 2 rings (SSSR count). The summed E-state index contributed by atoms with van der Waals surface area (Å²) in [4.78, 5) is 18.7. The lowest BCUT2D eigenvalue weighted by Gasteiger charge is -2.34. The van der Waals surface area contributed by atoms with E-state index in [0.717, 1.165) is 36.6 Å². The minimum atomic E-state index is 0. The molecule has 0 spiro atoms. The first-order valence-corrected chi connectivity index (χ1v) is 6.05. The highest BCUT2D eigenvalue weighted by Gasteiger charge is 2.25. The fraction of sp³-hybridized carbons (Fsp3) is 0.538. The number of aromatic nitrogens is 1. The Bertz CT molecular complexity index is 440. The lowest BCUT2D eigenvalue weighted by Crippen LogP contribution is -2.52. The first kappa shape index (κ1) is 18.2. The van der Waals surface area contributed by atoms with Gasteiger partial charge in [0.25, 0.3) is 5.91 Å². The summed E-state index contributed by atoms with van der Waals surface area (Å²) < 4.78 is 0. The van der Waals surface area contributed by atoms with E-state index in [4.69, 9.17) is 0 Å². The van der Waals surface area contributed by atoms with Crippen LogP contribution in [0.4, 0.5) is 0 Å². The summed E-state index contributed by atoms with van der Waals surface area (Å²) in [5.74, 6) is 0.101. The van der Waals surface area contributed by atoms with Crippen molar-refractivity contribution in [2.75, 3.05) is 19.6 Å². The summed E-state index contributed by atoms with van der Waals surface area (Å²) in [5.41, 5.74) is 2.50. The molecule has 1 aromatic heterocycles. The summed E-state index contributed by atoms with van der Waals surface area (Å²) in [6, 6.07) is 4.03. The van der Waals surface area contributed by atoms with Gasteiger partial charge < -0.3 is 10.2 Å². The molecule has 0 radical (unpaired) electrons. The molecule has 1 aliphatic heterocycles. The Balaban J connectivity index is 0.00000162. The van der Waals surface area contributed by atoms with Crippen molar-refractivity contribution in [1.29, 1.82) is 0 Å². The van der Waals surface area contributed by atoms with Crippen molar-refractivity contribution < 1.29 is 4.79 Å². The molecule has 0 unspecified atom stereocenters. The number of carbonyl (C=O) groups excluding carboxylic acids is 1. The molecule has 108 valence electrons. The van der Waals surface area contributed by atoms with E-state index in [1.54, 1.807) is 0 Å². The molecule has 1 aliphatic rings. The maximum Gasteiger partial charge on any atom is 0.256 e. The minimum Gasteiger partial charge on any atom is -0.333 e. The fourth-order valence-corrected chi connectivity index (χ4v) is 2.21. The third-order valence-corrected chi connectivity index (χ3v) is 3.22. The number of nitrogens with zero attached hydrogens (tertiary/aromatic N) is 2. The third kappa shape index (κ3) is 4.06. The van der Waals surface area contributed by atoms with Crippen molar-refractivity contribution in [3.63, 3.8) is 0 Å². The molecule has 6 heteroatoms. The van der Waals surface area contributed by atoms with Crippen molar-refractivity contribution in [3.05, 3.63) is 29.1 Å². The van der Waals surface area contributed by atoms with Gasteiger partial charge in [-0.15, -0.1) is 24.8 Å². The van der Waals surface area contributed by atoms with E-state index in [9.17, 15) is 4.79 Å². The molecule has 1 amide bonds. The van der Waals surface area contributed by atoms with Crippen LogP contribution in [-0.4, -0.2) is 41.5 Å². The number of hydrogen-bond acceptors (Lipinski definition) is 3. The number of amides is 1. The maximum atomic E-state index is 12.4. The second-order valence-electron chi connectivity index (χ2n) is 4.64. The van der Waals surface area contributed by atoms with E-state index < -0.39 is 0 Å². The standard InChI is InChI=1S/C13H19N3O.2ClH/c1-9-4-5-12(11(3)15-9)13(17)16-7-6-14-8-10(16)2;;/h4-5,10,14H,6-8H2,1-3H3;2*1H/t10-;;/m0../s1. The van der Waals surface area contributed by atoms with Crippen molar-refractivity contribution in [2.45, 2.75) is 26.8 Å². The number of aryl methyl sites for hydroxylation is 2. The summed E-state index contributed by atoms with van der Waals surface area (Å²) in [7, 11) is 0. The zero-order chi connectivity index (χ0) is 12.4. The molecule has 2 heterocycles. The van der Waals surface area contributed by atoms with Gasteiger partial charge >= 0.3 is 0 Å². The first-order valence-electron chi connectivity index (χ1n) is 6.05. The van der Waals surface area contributed by atoms with Gasteiger partial charge in [-0.1, -0.05) is 0 Å². The Morgan fingerprint density at radius 3 is 2.63 bits per heavy atom. The minimum absolute atomic E-state index is 0. The van der Waals surface area contributed by atoms with Crippen LogP contribution < -0.4 is 5.32 Å². The zero-order valence-corrected chi connectivity index (χ0v) is 13.1. The highest BCUT2D eigenvalue weighted by atomic mass is 35.5. The molecule has 1 aromatic rings. The van der Waals surface area contributed by atoms with E-state index in [2.05, 4.69) is 17.2 Å². The topological polar surface area (TPSA) is 45.2 Å². The molecule has 1 saturated heterocycles. The maximum absolute atomic E-state index is 12.4. The summed E-state index contributed by atoms with van der Waals surface area (Å²) in [6.45, 7) is 8.41. The molecular formula is C13H21Cl2N3O. The van der Waals surface area contributed by atoms with Crippen molar-refractivity contribution in [3.8, 4) is 0 Å². The number of hydrogen-bond donors (Lipinski definition) is 1. The molecule has 1 atom stereocenters. The molecule has 0 aromatic carbocycles. The van der Waals surface area contributed by atoms with Crippen molar-refractivity contribution in [1.82, 2.24) is 15.2 Å². The number of pyridine rings is 1. The second-order valence-corrected chi connectivity index (χ2v) is 4.64. The Hall–Kier alpha value is -0.840. The van der Waals surface area contributed by atoms with Gasteiger partial charge in [0.1, 0.15) is 0 Å². The van der Waals surface area contributed by atoms with E-state index in [0.29, 0.717) is 0 Å². The molecule has 4 nitrogen and oxygen atoms in total. The SMILES string of the molecule is Cc1ccc(C(=O)N2CCNC[C@@H]2C)c(C)n1.Cl.Cl. The third-order valence-electron chi connectivity index (χ3n) is 3.22. The molecule has 0 aliphatic carbocycles. The average Bonchev–Trinajstić information content (AvgIpc) is 2.29. The smallest absolute Gasteiger partial charge is 0.256 e. The molecular weight excluding hydrogens is 285 g/mol. The van der Waals surface area contributed by atoms with Crippen LogP contribution in [0.15, 0.2) is 12.1 Å². The second kappa shape index (κ2) is 7.68. The fourth-order valence-electron chi connectivity index (χ4n) is 2.21. The summed E-state index contributed by atoms with van der Waals surface area (Å²) >= 11 is 0. The molecule has 0 saturated carbocycles. The van der Waals surface area contributed by atoms with Crippen LogP contribution in [-0.2, 0) is 0 Å². The van der Waals surface area contributed by atoms with Crippen LogP contribution in [0.1, 0.15) is 28.7 Å². The number of nitrogens with one attached hydrogen (secondary N) is 1. The van der Waals surface area contributed by atoms with Crippen molar-refractivity contribution >= 4 is 30.7 Å². The van der Waals surface area contributed by atoms with Crippen LogP contribution in [0.25, 0.3) is 0 Å². The lowest BCUT2D eigenvalue weighted by molar-refractivity contribution is 0.0654. The number of carbonyl (C=O) groups is 1. The highest BCUT2D eigenvalue weighted by Crippen LogP contribution is 2.13. The van der Waals surface area contributed by atoms with Crippen LogP contribution >= 0.6 is 24.8 Å². The predicted octanol–water partition coefficient (Wildman–Crippen LogP) is 1.98. The van der Waals surface area contributed by atoms with Crippen LogP contribution in [0.3, 0.4) is 0 Å². The van der Waals surface area contributed by atoms with Crippen LogP contribution in [0.2, 0.25) is 0 Å². The van der Waals surface area contributed by atoms with E-state index in [1.165, 1.54) is 0 Å². The average molecular weight is 306 g/mol. The van der Waals surface area contributed by atoms with E-state index in [1.807, 2.05) is 30.9 Å². The molecule has 1 fully saturated rings. The Kier molecular flexibility index (Phi) is 7.34. The Morgan fingerprint density at radius 2 is 2.05 bits per heavy atom.